The lowest BCUT2D eigenvalue weighted by Crippen LogP contribution is -2.08. The van der Waals surface area contributed by atoms with E-state index in [1.165, 1.54) is 26.1 Å². The Morgan fingerprint density at radius 1 is 1.33 bits per heavy atom. The van der Waals surface area contributed by atoms with Gasteiger partial charge in [0.25, 0.3) is 0 Å². The predicted octanol–water partition coefficient (Wildman–Crippen LogP) is 4.09. The van der Waals surface area contributed by atoms with E-state index in [4.69, 9.17) is 0 Å². The Morgan fingerprint density at radius 3 is 3.06 bits per heavy atom. The quantitative estimate of drug-likeness (QED) is 0.825. The molecular formula is C15H15IN2. The van der Waals surface area contributed by atoms with Crippen molar-refractivity contribution in [1.82, 2.24) is 4.98 Å². The molecule has 0 saturated heterocycles. The second-order valence-corrected chi connectivity index (χ2v) is 5.91. The standard InChI is InChI=1S/C15H15IN2/c1-10-4-6-12(9-13(10)16)18-14-7-5-11-3-2-8-17-15(11)14/h2-4,6,8-9,14,18H,5,7H2,1H3. The molecule has 2 nitrogen and oxygen atoms in total. The predicted molar refractivity (Wildman–Crippen MR) is 82.8 cm³/mol. The third kappa shape index (κ3) is 2.23. The molecule has 2 aromatic rings. The average Bonchev–Trinajstić information content (AvgIpc) is 2.78. The maximum Gasteiger partial charge on any atom is 0.0691 e. The van der Waals surface area contributed by atoms with E-state index in [0.717, 1.165) is 12.8 Å². The van der Waals surface area contributed by atoms with Gasteiger partial charge in [0.1, 0.15) is 0 Å². The molecule has 0 aliphatic heterocycles. The highest BCUT2D eigenvalue weighted by Gasteiger charge is 2.23. The van der Waals surface area contributed by atoms with E-state index in [9.17, 15) is 0 Å². The van der Waals surface area contributed by atoms with Crippen LogP contribution in [-0.2, 0) is 6.42 Å². The van der Waals surface area contributed by atoms with E-state index >= 15 is 0 Å². The molecule has 92 valence electrons. The van der Waals surface area contributed by atoms with Crippen LogP contribution in [0.2, 0.25) is 0 Å². The Bertz CT molecular complexity index is 580. The number of aryl methyl sites for hydroxylation is 2. The van der Waals surface area contributed by atoms with Crippen LogP contribution in [0, 0.1) is 10.5 Å². The number of rotatable bonds is 2. The number of anilines is 1. The van der Waals surface area contributed by atoms with Crippen LogP contribution in [0.1, 0.15) is 29.3 Å². The first-order chi connectivity index (χ1) is 8.74. The maximum absolute atomic E-state index is 4.51. The van der Waals surface area contributed by atoms with Crippen molar-refractivity contribution in [3.8, 4) is 0 Å². The Balaban J connectivity index is 1.84. The second-order valence-electron chi connectivity index (χ2n) is 4.75. The number of halogens is 1. The van der Waals surface area contributed by atoms with Crippen LogP contribution in [-0.4, -0.2) is 4.98 Å². The highest BCUT2D eigenvalue weighted by Crippen LogP contribution is 2.32. The molecule has 1 aromatic heterocycles. The van der Waals surface area contributed by atoms with Crippen LogP contribution in [0.4, 0.5) is 5.69 Å². The molecule has 1 aliphatic carbocycles. The van der Waals surface area contributed by atoms with E-state index in [2.05, 4.69) is 64.1 Å². The number of pyridine rings is 1. The molecule has 1 unspecified atom stereocenters. The highest BCUT2D eigenvalue weighted by atomic mass is 127. The molecule has 1 aromatic carbocycles. The molecule has 1 atom stereocenters. The second kappa shape index (κ2) is 4.88. The molecule has 3 heteroatoms. The van der Waals surface area contributed by atoms with Crippen LogP contribution in [0.25, 0.3) is 0 Å². The van der Waals surface area contributed by atoms with Gasteiger partial charge in [0.2, 0.25) is 0 Å². The van der Waals surface area contributed by atoms with Gasteiger partial charge in [-0.05, 0) is 71.7 Å². The minimum absolute atomic E-state index is 0.361. The Hall–Kier alpha value is -1.10. The lowest BCUT2D eigenvalue weighted by atomic mass is 10.2. The van der Waals surface area contributed by atoms with Crippen LogP contribution in [0.5, 0.6) is 0 Å². The number of nitrogens with zero attached hydrogens (tertiary/aromatic N) is 1. The molecule has 1 N–H and O–H groups in total. The Kier molecular flexibility index (Phi) is 3.24. The van der Waals surface area contributed by atoms with Crippen LogP contribution in [0.15, 0.2) is 36.5 Å². The Morgan fingerprint density at radius 2 is 2.22 bits per heavy atom. The Labute approximate surface area is 121 Å². The summed E-state index contributed by atoms with van der Waals surface area (Å²) in [6.45, 7) is 2.14. The van der Waals surface area contributed by atoms with Gasteiger partial charge in [-0.2, -0.15) is 0 Å². The molecule has 3 rings (SSSR count). The van der Waals surface area contributed by atoms with Gasteiger partial charge in [0.15, 0.2) is 0 Å². The van der Waals surface area contributed by atoms with Gasteiger partial charge >= 0.3 is 0 Å². The van der Waals surface area contributed by atoms with Crippen molar-refractivity contribution in [3.63, 3.8) is 0 Å². The van der Waals surface area contributed by atoms with Crippen molar-refractivity contribution in [2.24, 2.45) is 0 Å². The molecule has 1 aliphatic rings. The van der Waals surface area contributed by atoms with Gasteiger partial charge in [0.05, 0.1) is 11.7 Å². The monoisotopic (exact) mass is 350 g/mol. The summed E-state index contributed by atoms with van der Waals surface area (Å²) in [7, 11) is 0. The van der Waals surface area contributed by atoms with Crippen molar-refractivity contribution >= 4 is 28.3 Å². The normalized spacial score (nSPS) is 17.6. The van der Waals surface area contributed by atoms with Crippen molar-refractivity contribution in [1.29, 1.82) is 0 Å². The summed E-state index contributed by atoms with van der Waals surface area (Å²) in [6, 6.07) is 11.1. The lowest BCUT2D eigenvalue weighted by molar-refractivity contribution is 0.746. The van der Waals surface area contributed by atoms with Crippen LogP contribution >= 0.6 is 22.6 Å². The fourth-order valence-electron chi connectivity index (χ4n) is 2.44. The first-order valence-electron chi connectivity index (χ1n) is 6.20. The van der Waals surface area contributed by atoms with Gasteiger partial charge < -0.3 is 5.32 Å². The first kappa shape index (κ1) is 12.0. The molecule has 0 fully saturated rings. The zero-order chi connectivity index (χ0) is 12.5. The van der Waals surface area contributed by atoms with Gasteiger partial charge in [-0.3, -0.25) is 4.98 Å². The maximum atomic E-state index is 4.51. The van der Waals surface area contributed by atoms with Crippen molar-refractivity contribution in [2.75, 3.05) is 5.32 Å². The number of hydrogen-bond acceptors (Lipinski definition) is 2. The minimum Gasteiger partial charge on any atom is -0.377 e. The number of benzene rings is 1. The fraction of sp³-hybridized carbons (Fsp3) is 0.267. The molecule has 0 saturated carbocycles. The molecule has 0 bridgehead atoms. The molecule has 18 heavy (non-hydrogen) atoms. The molecule has 1 heterocycles. The van der Waals surface area contributed by atoms with E-state index in [-0.39, 0.29) is 0 Å². The summed E-state index contributed by atoms with van der Waals surface area (Å²) < 4.78 is 1.30. The summed E-state index contributed by atoms with van der Waals surface area (Å²) in [5, 5.41) is 3.60. The number of nitrogens with one attached hydrogen (secondary N) is 1. The third-order valence-electron chi connectivity index (χ3n) is 3.47. The summed E-state index contributed by atoms with van der Waals surface area (Å²) in [4.78, 5) is 4.51. The zero-order valence-corrected chi connectivity index (χ0v) is 12.4. The number of aromatic nitrogens is 1. The largest absolute Gasteiger partial charge is 0.377 e. The summed E-state index contributed by atoms with van der Waals surface area (Å²) in [5.74, 6) is 0. The van der Waals surface area contributed by atoms with E-state index in [1.807, 2.05) is 12.3 Å². The average molecular weight is 350 g/mol. The lowest BCUT2D eigenvalue weighted by Gasteiger charge is -2.15. The van der Waals surface area contributed by atoms with Gasteiger partial charge in [0, 0.05) is 15.5 Å². The van der Waals surface area contributed by atoms with Gasteiger partial charge in [-0.15, -0.1) is 0 Å². The smallest absolute Gasteiger partial charge is 0.0691 e. The number of hydrogen-bond donors (Lipinski definition) is 1. The van der Waals surface area contributed by atoms with Gasteiger partial charge in [-0.25, -0.2) is 0 Å². The topological polar surface area (TPSA) is 24.9 Å². The van der Waals surface area contributed by atoms with E-state index in [0.29, 0.717) is 6.04 Å². The summed E-state index contributed by atoms with van der Waals surface area (Å²) in [6.07, 6.45) is 4.15. The van der Waals surface area contributed by atoms with Gasteiger partial charge in [-0.1, -0.05) is 12.1 Å². The zero-order valence-electron chi connectivity index (χ0n) is 10.3. The van der Waals surface area contributed by atoms with Crippen LogP contribution < -0.4 is 5.32 Å². The minimum atomic E-state index is 0.361. The van der Waals surface area contributed by atoms with Crippen molar-refractivity contribution < 1.29 is 0 Å². The number of fused-ring (bicyclic) bond motifs is 1. The molecular weight excluding hydrogens is 335 g/mol. The van der Waals surface area contributed by atoms with Crippen LogP contribution in [0.3, 0.4) is 0 Å². The summed E-state index contributed by atoms with van der Waals surface area (Å²) in [5.41, 5.74) is 5.12. The first-order valence-corrected chi connectivity index (χ1v) is 7.28. The van der Waals surface area contributed by atoms with Crippen molar-refractivity contribution in [2.45, 2.75) is 25.8 Å². The SMILES string of the molecule is Cc1ccc(NC2CCc3cccnc32)cc1I. The molecule has 0 radical (unpaired) electrons. The molecule has 0 amide bonds. The third-order valence-corrected chi connectivity index (χ3v) is 4.63. The molecule has 0 spiro atoms. The fourth-order valence-corrected chi connectivity index (χ4v) is 2.95. The highest BCUT2D eigenvalue weighted by molar-refractivity contribution is 14.1. The summed E-state index contributed by atoms with van der Waals surface area (Å²) >= 11 is 2.38. The van der Waals surface area contributed by atoms with E-state index < -0.39 is 0 Å². The van der Waals surface area contributed by atoms with Crippen molar-refractivity contribution in [3.05, 3.63) is 56.9 Å². The van der Waals surface area contributed by atoms with E-state index in [1.54, 1.807) is 0 Å².